The lowest BCUT2D eigenvalue weighted by atomic mass is 10.0. The van der Waals surface area contributed by atoms with Crippen LogP contribution in [0, 0.1) is 18.8 Å². The topological polar surface area (TPSA) is 94.7 Å². The van der Waals surface area contributed by atoms with E-state index in [0.717, 1.165) is 33.8 Å². The van der Waals surface area contributed by atoms with Crippen LogP contribution >= 0.6 is 0 Å². The standard InChI is InChI=1S/C29H26N6O3/c1-19-7-8-21(29(36)33-22-13-25(37-3)15-26(14-22)38-4)12-20(19)9-10-24-17-30-28-27(6-5-11-35(24)28)32-23-16-31-34(2)18-23/h5-8,11-18,32H,1-4H3,(H,33,36). The molecule has 0 aliphatic carbocycles. The maximum Gasteiger partial charge on any atom is 0.255 e. The first-order valence-corrected chi connectivity index (χ1v) is 11.8. The molecule has 3 aromatic heterocycles. The van der Waals surface area contributed by atoms with Crippen LogP contribution < -0.4 is 20.1 Å². The number of methoxy groups -OCH3 is 2. The Morgan fingerprint density at radius 2 is 1.76 bits per heavy atom. The molecular weight excluding hydrogens is 480 g/mol. The molecule has 2 N–H and O–H groups in total. The Hall–Kier alpha value is -5.23. The van der Waals surface area contributed by atoms with Gasteiger partial charge in [0.15, 0.2) is 5.65 Å². The fourth-order valence-corrected chi connectivity index (χ4v) is 3.95. The van der Waals surface area contributed by atoms with Gasteiger partial charge in [-0.1, -0.05) is 12.0 Å². The average molecular weight is 507 g/mol. The molecule has 0 unspecified atom stereocenters. The fraction of sp³-hybridized carbons (Fsp3) is 0.138. The highest BCUT2D eigenvalue weighted by Gasteiger charge is 2.11. The number of hydrogen-bond donors (Lipinski definition) is 2. The minimum Gasteiger partial charge on any atom is -0.497 e. The van der Waals surface area contributed by atoms with Crippen molar-refractivity contribution >= 4 is 28.6 Å². The van der Waals surface area contributed by atoms with Crippen molar-refractivity contribution in [2.45, 2.75) is 6.92 Å². The van der Waals surface area contributed by atoms with Crippen LogP contribution in [0.2, 0.25) is 0 Å². The third kappa shape index (κ3) is 5.15. The highest BCUT2D eigenvalue weighted by atomic mass is 16.5. The highest BCUT2D eigenvalue weighted by molar-refractivity contribution is 6.04. The lowest BCUT2D eigenvalue weighted by Crippen LogP contribution is -2.12. The monoisotopic (exact) mass is 506 g/mol. The van der Waals surface area contributed by atoms with E-state index in [-0.39, 0.29) is 5.91 Å². The molecule has 1 amide bonds. The van der Waals surface area contributed by atoms with Gasteiger partial charge in [-0.25, -0.2) is 4.98 Å². The second-order valence-corrected chi connectivity index (χ2v) is 8.62. The van der Waals surface area contributed by atoms with Gasteiger partial charge in [0.25, 0.3) is 5.91 Å². The Labute approximate surface area is 220 Å². The van der Waals surface area contributed by atoms with Gasteiger partial charge in [-0.05, 0) is 42.7 Å². The zero-order valence-electron chi connectivity index (χ0n) is 21.4. The lowest BCUT2D eigenvalue weighted by molar-refractivity contribution is 0.102. The fourth-order valence-electron chi connectivity index (χ4n) is 3.95. The van der Waals surface area contributed by atoms with E-state index in [2.05, 4.69) is 32.6 Å². The lowest BCUT2D eigenvalue weighted by Gasteiger charge is -2.10. The summed E-state index contributed by atoms with van der Waals surface area (Å²) >= 11 is 0. The zero-order chi connectivity index (χ0) is 26.6. The minimum absolute atomic E-state index is 0.260. The molecular formula is C29H26N6O3. The van der Waals surface area contributed by atoms with Crippen molar-refractivity contribution in [1.82, 2.24) is 19.2 Å². The van der Waals surface area contributed by atoms with E-state index in [1.54, 1.807) is 61.6 Å². The summed E-state index contributed by atoms with van der Waals surface area (Å²) < 4.78 is 14.2. The molecule has 0 saturated carbocycles. The number of fused-ring (bicyclic) bond motifs is 1. The van der Waals surface area contributed by atoms with Gasteiger partial charge in [-0.3, -0.25) is 13.9 Å². The summed E-state index contributed by atoms with van der Waals surface area (Å²) in [5, 5.41) is 10.4. The van der Waals surface area contributed by atoms with Crippen LogP contribution in [0.3, 0.4) is 0 Å². The third-order valence-corrected chi connectivity index (χ3v) is 5.95. The number of aryl methyl sites for hydroxylation is 2. The summed E-state index contributed by atoms with van der Waals surface area (Å²) in [6.45, 7) is 1.96. The second kappa shape index (κ2) is 10.4. The van der Waals surface area contributed by atoms with Gasteiger partial charge in [0.2, 0.25) is 0 Å². The van der Waals surface area contributed by atoms with Crippen molar-refractivity contribution in [3.8, 4) is 23.3 Å². The van der Waals surface area contributed by atoms with Crippen LogP contribution in [0.15, 0.2) is 73.3 Å². The van der Waals surface area contributed by atoms with Crippen molar-refractivity contribution in [1.29, 1.82) is 0 Å². The smallest absolute Gasteiger partial charge is 0.255 e. The summed E-state index contributed by atoms with van der Waals surface area (Å²) in [4.78, 5) is 17.6. The summed E-state index contributed by atoms with van der Waals surface area (Å²) in [5.74, 6) is 7.33. The number of hydrogen-bond acceptors (Lipinski definition) is 6. The number of ether oxygens (including phenoxy) is 2. The summed E-state index contributed by atoms with van der Waals surface area (Å²) in [6, 6.07) is 14.5. The Kier molecular flexibility index (Phi) is 6.70. The van der Waals surface area contributed by atoms with E-state index in [0.29, 0.717) is 22.7 Å². The van der Waals surface area contributed by atoms with Gasteiger partial charge in [0, 0.05) is 54.5 Å². The summed E-state index contributed by atoms with van der Waals surface area (Å²) in [6.07, 6.45) is 7.30. The minimum atomic E-state index is -0.260. The van der Waals surface area contributed by atoms with Crippen molar-refractivity contribution in [3.63, 3.8) is 0 Å². The van der Waals surface area contributed by atoms with Crippen LogP contribution in [-0.4, -0.2) is 39.3 Å². The first kappa shape index (κ1) is 24.5. The number of pyridine rings is 1. The molecule has 0 saturated heterocycles. The molecule has 5 aromatic rings. The zero-order valence-corrected chi connectivity index (χ0v) is 21.4. The first-order chi connectivity index (χ1) is 18.4. The van der Waals surface area contributed by atoms with Crippen LogP contribution in [0.5, 0.6) is 11.5 Å². The van der Waals surface area contributed by atoms with Crippen molar-refractivity contribution in [2.24, 2.45) is 7.05 Å². The molecule has 0 atom stereocenters. The van der Waals surface area contributed by atoms with Gasteiger partial charge in [0.05, 0.1) is 38.0 Å². The van der Waals surface area contributed by atoms with E-state index >= 15 is 0 Å². The maximum absolute atomic E-state index is 13.0. The number of imidazole rings is 1. The number of nitrogens with zero attached hydrogens (tertiary/aromatic N) is 4. The van der Waals surface area contributed by atoms with Gasteiger partial charge in [-0.15, -0.1) is 0 Å². The predicted molar refractivity (Wildman–Crippen MR) is 146 cm³/mol. The molecule has 0 spiro atoms. The predicted octanol–water partition coefficient (Wildman–Crippen LogP) is 4.79. The van der Waals surface area contributed by atoms with Crippen LogP contribution in [0.1, 0.15) is 27.2 Å². The summed E-state index contributed by atoms with van der Waals surface area (Å²) in [7, 11) is 4.99. The summed E-state index contributed by atoms with van der Waals surface area (Å²) in [5.41, 5.74) is 5.97. The molecule has 0 bridgehead atoms. The molecule has 190 valence electrons. The van der Waals surface area contributed by atoms with Crippen LogP contribution in [0.4, 0.5) is 17.1 Å². The molecule has 3 heterocycles. The molecule has 38 heavy (non-hydrogen) atoms. The molecule has 5 rings (SSSR count). The van der Waals surface area contributed by atoms with Gasteiger partial charge in [0.1, 0.15) is 17.2 Å². The van der Waals surface area contributed by atoms with Crippen LogP contribution in [0.25, 0.3) is 5.65 Å². The third-order valence-electron chi connectivity index (χ3n) is 5.95. The average Bonchev–Trinajstić information content (AvgIpc) is 3.54. The SMILES string of the molecule is COc1cc(NC(=O)c2ccc(C)c(C#Cc3cnc4c(Nc5cnn(C)c5)cccn34)c2)cc(OC)c1. The molecule has 2 aromatic carbocycles. The first-order valence-electron chi connectivity index (χ1n) is 11.8. The Morgan fingerprint density at radius 3 is 2.47 bits per heavy atom. The Bertz CT molecular complexity index is 1680. The quantitative estimate of drug-likeness (QED) is 0.322. The van der Waals surface area contributed by atoms with E-state index in [4.69, 9.17) is 9.47 Å². The number of carbonyl (C=O) groups excluding carboxylic acids is 1. The molecule has 0 radical (unpaired) electrons. The van der Waals surface area contributed by atoms with E-state index in [1.807, 2.05) is 49.0 Å². The second-order valence-electron chi connectivity index (χ2n) is 8.62. The number of amides is 1. The Morgan fingerprint density at radius 1 is 0.974 bits per heavy atom. The molecule has 9 nitrogen and oxygen atoms in total. The van der Waals surface area contributed by atoms with E-state index in [9.17, 15) is 4.79 Å². The number of aromatic nitrogens is 4. The number of carbonyl (C=O) groups is 1. The van der Waals surface area contributed by atoms with Gasteiger partial charge >= 0.3 is 0 Å². The molecule has 0 aliphatic heterocycles. The Balaban J connectivity index is 1.40. The van der Waals surface area contributed by atoms with Gasteiger partial charge in [-0.2, -0.15) is 5.10 Å². The largest absolute Gasteiger partial charge is 0.497 e. The van der Waals surface area contributed by atoms with Crippen molar-refractivity contribution in [2.75, 3.05) is 24.9 Å². The number of rotatable bonds is 6. The van der Waals surface area contributed by atoms with Crippen molar-refractivity contribution < 1.29 is 14.3 Å². The number of anilines is 3. The molecule has 9 heteroatoms. The van der Waals surface area contributed by atoms with Crippen molar-refractivity contribution in [3.05, 3.63) is 95.7 Å². The van der Waals surface area contributed by atoms with Crippen LogP contribution in [-0.2, 0) is 7.05 Å². The maximum atomic E-state index is 13.0. The molecule has 0 fully saturated rings. The normalized spacial score (nSPS) is 10.5. The molecule has 0 aliphatic rings. The number of nitrogens with one attached hydrogen (secondary N) is 2. The number of benzene rings is 2. The van der Waals surface area contributed by atoms with E-state index in [1.165, 1.54) is 0 Å². The van der Waals surface area contributed by atoms with E-state index < -0.39 is 0 Å². The highest BCUT2D eigenvalue weighted by Crippen LogP contribution is 2.26. The van der Waals surface area contributed by atoms with Gasteiger partial charge < -0.3 is 20.1 Å².